The zero-order valence-electron chi connectivity index (χ0n) is 22.1. The standard InChI is InChI=1S/C26H30F3N5O5S/c1-14(2)34-18(35)12-25(23(34)37)8-3-9-33(13-25)15-6-10-32(11-7-15)22(36)19-16-4-5-17(26(27,28)29)30-20(16)40-21(19)31-24(38)39/h4-5,14-15,31H,3,6-13H2,1-2H3,(H,38,39). The van der Waals surface area contributed by atoms with E-state index in [-0.39, 0.29) is 51.1 Å². The number of halogens is 3. The van der Waals surface area contributed by atoms with Crippen molar-refractivity contribution in [3.8, 4) is 0 Å². The first-order chi connectivity index (χ1) is 18.8. The van der Waals surface area contributed by atoms with Gasteiger partial charge in [0.15, 0.2) is 0 Å². The molecule has 1 spiro atoms. The van der Waals surface area contributed by atoms with Crippen LogP contribution in [0.5, 0.6) is 0 Å². The molecule has 216 valence electrons. The van der Waals surface area contributed by atoms with E-state index in [2.05, 4.69) is 15.2 Å². The van der Waals surface area contributed by atoms with Gasteiger partial charge in [-0.15, -0.1) is 0 Å². The monoisotopic (exact) mass is 581 g/mol. The average molecular weight is 582 g/mol. The van der Waals surface area contributed by atoms with Gasteiger partial charge >= 0.3 is 12.3 Å². The average Bonchev–Trinajstić information content (AvgIpc) is 3.35. The number of carbonyl (C=O) groups excluding carboxylic acids is 3. The van der Waals surface area contributed by atoms with Crippen LogP contribution in [0.15, 0.2) is 12.1 Å². The number of nitrogens with zero attached hydrogens (tertiary/aromatic N) is 4. The van der Waals surface area contributed by atoms with E-state index in [4.69, 9.17) is 0 Å². The lowest BCUT2D eigenvalue weighted by Crippen LogP contribution is -2.54. The van der Waals surface area contributed by atoms with Crippen LogP contribution in [-0.2, 0) is 15.8 Å². The Morgan fingerprint density at radius 1 is 1.18 bits per heavy atom. The highest BCUT2D eigenvalue weighted by Gasteiger charge is 2.54. The lowest BCUT2D eigenvalue weighted by Gasteiger charge is -2.45. The van der Waals surface area contributed by atoms with Crippen molar-refractivity contribution in [3.05, 3.63) is 23.4 Å². The number of alkyl halides is 3. The van der Waals surface area contributed by atoms with Crippen LogP contribution in [-0.4, -0.2) is 86.9 Å². The number of nitrogens with one attached hydrogen (secondary N) is 1. The molecule has 3 aliphatic rings. The maximum Gasteiger partial charge on any atom is 0.433 e. The molecule has 2 aromatic heterocycles. The second kappa shape index (κ2) is 10.3. The predicted octanol–water partition coefficient (Wildman–Crippen LogP) is 4.26. The fourth-order valence-electron chi connectivity index (χ4n) is 6.27. The van der Waals surface area contributed by atoms with Crippen LogP contribution in [0.1, 0.15) is 62.0 Å². The second-order valence-corrected chi connectivity index (χ2v) is 12.0. The van der Waals surface area contributed by atoms with Crippen LogP contribution in [0.25, 0.3) is 10.2 Å². The number of amides is 4. The van der Waals surface area contributed by atoms with Crippen molar-refractivity contribution in [1.82, 2.24) is 19.7 Å². The number of imide groups is 1. The summed E-state index contributed by atoms with van der Waals surface area (Å²) in [6, 6.07) is 1.85. The molecule has 3 aliphatic heterocycles. The molecule has 0 aromatic carbocycles. The molecule has 2 aromatic rings. The Balaban J connectivity index is 1.31. The molecular formula is C26H30F3N5O5S. The Kier molecular flexibility index (Phi) is 7.27. The fourth-order valence-corrected chi connectivity index (χ4v) is 7.32. The van der Waals surface area contributed by atoms with Gasteiger partial charge in [0.05, 0.1) is 11.0 Å². The zero-order valence-corrected chi connectivity index (χ0v) is 22.9. The Hall–Kier alpha value is -3.26. The number of hydrogen-bond donors (Lipinski definition) is 2. The molecule has 5 heterocycles. The van der Waals surface area contributed by atoms with Crippen LogP contribution in [0.4, 0.5) is 23.0 Å². The Labute approximate surface area is 232 Å². The lowest BCUT2D eigenvalue weighted by atomic mass is 9.77. The van der Waals surface area contributed by atoms with E-state index in [1.165, 1.54) is 4.90 Å². The van der Waals surface area contributed by atoms with Gasteiger partial charge in [0.25, 0.3) is 5.91 Å². The van der Waals surface area contributed by atoms with E-state index >= 15 is 0 Å². The van der Waals surface area contributed by atoms with E-state index in [0.717, 1.165) is 25.1 Å². The molecule has 3 fully saturated rings. The summed E-state index contributed by atoms with van der Waals surface area (Å²) in [5.41, 5.74) is -1.84. The van der Waals surface area contributed by atoms with Gasteiger partial charge in [-0.2, -0.15) is 13.2 Å². The number of hydrogen-bond acceptors (Lipinski definition) is 7. The molecule has 0 saturated carbocycles. The summed E-state index contributed by atoms with van der Waals surface area (Å²) in [5.74, 6) is -0.711. The molecule has 10 nitrogen and oxygen atoms in total. The number of carbonyl (C=O) groups is 4. The summed E-state index contributed by atoms with van der Waals surface area (Å²) in [6.45, 7) is 5.67. The quantitative estimate of drug-likeness (QED) is 0.518. The third kappa shape index (κ3) is 5.02. The van der Waals surface area contributed by atoms with Crippen molar-refractivity contribution in [2.75, 3.05) is 31.5 Å². The minimum atomic E-state index is -4.68. The maximum absolute atomic E-state index is 13.6. The van der Waals surface area contributed by atoms with Crippen molar-refractivity contribution >= 4 is 50.4 Å². The minimum absolute atomic E-state index is 0.0113. The first kappa shape index (κ1) is 28.3. The number of rotatable bonds is 4. The summed E-state index contributed by atoms with van der Waals surface area (Å²) in [6.07, 6.45) is -3.22. The highest BCUT2D eigenvalue weighted by Crippen LogP contribution is 2.43. The topological polar surface area (TPSA) is 123 Å². The van der Waals surface area contributed by atoms with Gasteiger partial charge < -0.3 is 10.0 Å². The van der Waals surface area contributed by atoms with Gasteiger partial charge in [-0.1, -0.05) is 11.3 Å². The van der Waals surface area contributed by atoms with E-state index < -0.39 is 29.3 Å². The van der Waals surface area contributed by atoms with Crippen molar-refractivity contribution in [1.29, 1.82) is 0 Å². The van der Waals surface area contributed by atoms with E-state index in [1.54, 1.807) is 4.90 Å². The number of fused-ring (bicyclic) bond motifs is 1. The normalized spacial score (nSPS) is 23.1. The summed E-state index contributed by atoms with van der Waals surface area (Å²) >= 11 is 0.689. The number of pyridine rings is 1. The molecule has 1 unspecified atom stereocenters. The van der Waals surface area contributed by atoms with Crippen LogP contribution >= 0.6 is 11.3 Å². The Bertz CT molecular complexity index is 1370. The van der Waals surface area contributed by atoms with Crippen LogP contribution in [0.2, 0.25) is 0 Å². The highest BCUT2D eigenvalue weighted by atomic mass is 32.1. The third-order valence-corrected chi connectivity index (χ3v) is 9.12. The highest BCUT2D eigenvalue weighted by molar-refractivity contribution is 7.23. The second-order valence-electron chi connectivity index (χ2n) is 11.0. The number of likely N-dealkylation sites (tertiary alicyclic amines) is 3. The molecule has 4 amide bonds. The molecule has 0 radical (unpaired) electrons. The van der Waals surface area contributed by atoms with Crippen LogP contribution in [0.3, 0.4) is 0 Å². The van der Waals surface area contributed by atoms with Crippen molar-refractivity contribution < 1.29 is 37.5 Å². The number of piperidine rings is 2. The lowest BCUT2D eigenvalue weighted by molar-refractivity contribution is -0.145. The summed E-state index contributed by atoms with van der Waals surface area (Å²) in [4.78, 5) is 59.5. The third-order valence-electron chi connectivity index (χ3n) is 8.10. The summed E-state index contributed by atoms with van der Waals surface area (Å²) < 4.78 is 39.5. The molecule has 5 rings (SSSR count). The Morgan fingerprint density at radius 3 is 2.48 bits per heavy atom. The number of thiophene rings is 1. The van der Waals surface area contributed by atoms with E-state index in [0.29, 0.717) is 50.2 Å². The molecular weight excluding hydrogens is 551 g/mol. The fraction of sp³-hybridized carbons (Fsp3) is 0.577. The van der Waals surface area contributed by atoms with Crippen molar-refractivity contribution in [2.45, 2.75) is 64.2 Å². The molecule has 1 atom stereocenters. The zero-order chi connectivity index (χ0) is 29.0. The number of carboxylic acid groups (broad SMARTS) is 1. The molecule has 0 aliphatic carbocycles. The number of aromatic nitrogens is 1. The SMILES string of the molecule is CC(C)N1C(=O)CC2(CCCN(C3CCN(C(=O)c4c(NC(=O)O)sc5nc(C(F)(F)F)ccc45)CC3)C2)C1=O. The predicted molar refractivity (Wildman–Crippen MR) is 140 cm³/mol. The van der Waals surface area contributed by atoms with Gasteiger partial charge in [-0.05, 0) is 58.2 Å². The molecule has 3 saturated heterocycles. The first-order valence-corrected chi connectivity index (χ1v) is 14.0. The van der Waals surface area contributed by atoms with Crippen LogP contribution in [0, 0.1) is 5.41 Å². The molecule has 2 N–H and O–H groups in total. The molecule has 40 heavy (non-hydrogen) atoms. The van der Waals surface area contributed by atoms with Gasteiger partial charge in [-0.25, -0.2) is 9.78 Å². The number of anilines is 1. The van der Waals surface area contributed by atoms with Gasteiger partial charge in [0, 0.05) is 43.5 Å². The van der Waals surface area contributed by atoms with Gasteiger partial charge in [0.1, 0.15) is 15.5 Å². The van der Waals surface area contributed by atoms with Gasteiger partial charge in [-0.3, -0.25) is 29.5 Å². The smallest absolute Gasteiger partial charge is 0.433 e. The van der Waals surface area contributed by atoms with Crippen molar-refractivity contribution in [2.24, 2.45) is 5.41 Å². The maximum atomic E-state index is 13.6. The largest absolute Gasteiger partial charge is 0.465 e. The summed E-state index contributed by atoms with van der Waals surface area (Å²) in [5, 5.41) is 11.5. The molecule has 14 heteroatoms. The molecule has 0 bridgehead atoms. The van der Waals surface area contributed by atoms with Crippen molar-refractivity contribution in [3.63, 3.8) is 0 Å². The minimum Gasteiger partial charge on any atom is -0.465 e. The first-order valence-electron chi connectivity index (χ1n) is 13.2. The van der Waals surface area contributed by atoms with E-state index in [1.807, 2.05) is 13.8 Å². The van der Waals surface area contributed by atoms with Gasteiger partial charge in [0.2, 0.25) is 11.8 Å². The van der Waals surface area contributed by atoms with E-state index in [9.17, 15) is 37.5 Å². The van der Waals surface area contributed by atoms with Crippen LogP contribution < -0.4 is 5.32 Å². The Morgan fingerprint density at radius 2 is 1.88 bits per heavy atom. The summed E-state index contributed by atoms with van der Waals surface area (Å²) in [7, 11) is 0.